The van der Waals surface area contributed by atoms with E-state index in [1.807, 2.05) is 0 Å². The molecule has 0 amide bonds. The SMILES string of the molecule is CO[CH]([Ge])C(C)(C)C. The van der Waals surface area contributed by atoms with E-state index in [0.717, 1.165) is 0 Å². The maximum absolute atomic E-state index is 5.11. The van der Waals surface area contributed by atoms with Gasteiger partial charge in [-0.2, -0.15) is 0 Å². The van der Waals surface area contributed by atoms with Crippen molar-refractivity contribution in [3.8, 4) is 0 Å². The first kappa shape index (κ1) is 8.50. The molecule has 3 radical (unpaired) electrons. The van der Waals surface area contributed by atoms with E-state index < -0.39 is 0 Å². The molecule has 1 atom stereocenters. The zero-order valence-corrected chi connectivity index (χ0v) is 8.08. The van der Waals surface area contributed by atoms with Gasteiger partial charge < -0.3 is 0 Å². The zero-order valence-electron chi connectivity index (χ0n) is 5.99. The molecule has 47 valence electrons. The van der Waals surface area contributed by atoms with Gasteiger partial charge in [-0.3, -0.25) is 0 Å². The molecule has 0 rings (SSSR count). The molecule has 1 unspecified atom stereocenters. The topological polar surface area (TPSA) is 9.23 Å². The van der Waals surface area contributed by atoms with Gasteiger partial charge in [0.05, 0.1) is 0 Å². The zero-order chi connectivity index (χ0) is 6.78. The van der Waals surface area contributed by atoms with Crippen LogP contribution in [0, 0.1) is 5.41 Å². The van der Waals surface area contributed by atoms with E-state index in [4.69, 9.17) is 4.74 Å². The van der Waals surface area contributed by atoms with Crippen molar-refractivity contribution >= 4 is 16.5 Å². The summed E-state index contributed by atoms with van der Waals surface area (Å²) in [7, 11) is 1.75. The monoisotopic (exact) mass is 175 g/mol. The number of rotatable bonds is 1. The number of hydrogen-bond acceptors (Lipinski definition) is 1. The molecule has 1 nitrogen and oxygen atoms in total. The van der Waals surface area contributed by atoms with Crippen molar-refractivity contribution < 1.29 is 4.74 Å². The van der Waals surface area contributed by atoms with Crippen LogP contribution in [0.2, 0.25) is 0 Å². The minimum absolute atomic E-state index is 0.286. The molecule has 0 N–H and O–H groups in total. The quantitative estimate of drug-likeness (QED) is 0.542. The Kier molecular flexibility index (Phi) is 3.06. The standard InChI is InChI=1S/C6H13GeO/c1-6(2,3)5(7)8-4/h5H,1-4H3. The summed E-state index contributed by atoms with van der Waals surface area (Å²) in [6.45, 7) is 6.50. The van der Waals surface area contributed by atoms with Crippen molar-refractivity contribution in [2.75, 3.05) is 7.11 Å². The molecule has 0 aromatic rings. The van der Waals surface area contributed by atoms with Gasteiger partial charge in [-0.15, -0.1) is 0 Å². The Bertz CT molecular complexity index is 65.4. The molecule has 0 spiro atoms. The fourth-order valence-corrected chi connectivity index (χ4v) is 0.354. The summed E-state index contributed by atoms with van der Waals surface area (Å²) in [5.41, 5.74) is 0.286. The van der Waals surface area contributed by atoms with Gasteiger partial charge in [-0.05, 0) is 0 Å². The third-order valence-electron chi connectivity index (χ3n) is 1.02. The number of hydrogen-bond donors (Lipinski definition) is 0. The van der Waals surface area contributed by atoms with Gasteiger partial charge in [0.1, 0.15) is 0 Å². The van der Waals surface area contributed by atoms with E-state index in [1.165, 1.54) is 0 Å². The number of methoxy groups -OCH3 is 1. The van der Waals surface area contributed by atoms with Gasteiger partial charge in [0.2, 0.25) is 0 Å². The van der Waals surface area contributed by atoms with Crippen LogP contribution in [0.25, 0.3) is 0 Å². The van der Waals surface area contributed by atoms with Crippen LogP contribution < -0.4 is 0 Å². The summed E-state index contributed by atoms with van der Waals surface area (Å²) >= 11 is 2.08. The van der Waals surface area contributed by atoms with Crippen LogP contribution in [0.15, 0.2) is 0 Å². The molecular weight excluding hydrogens is 161 g/mol. The summed E-state index contributed by atoms with van der Waals surface area (Å²) in [6.07, 6.45) is 0. The van der Waals surface area contributed by atoms with Crippen LogP contribution >= 0.6 is 0 Å². The van der Waals surface area contributed by atoms with Crippen LogP contribution in [-0.2, 0) is 4.74 Å². The molecule has 0 aliphatic carbocycles. The summed E-state index contributed by atoms with van der Waals surface area (Å²) in [5.74, 6) is 0. The van der Waals surface area contributed by atoms with Gasteiger partial charge >= 0.3 is 59.5 Å². The number of ether oxygens (including phenoxy) is 1. The third kappa shape index (κ3) is 2.72. The molecule has 0 aromatic heterocycles. The summed E-state index contributed by atoms with van der Waals surface area (Å²) in [4.78, 5) is 0.350. The Morgan fingerprint density at radius 3 is 1.75 bits per heavy atom. The van der Waals surface area contributed by atoms with Crippen LogP contribution in [0.5, 0.6) is 0 Å². The van der Waals surface area contributed by atoms with Crippen molar-refractivity contribution in [3.05, 3.63) is 0 Å². The van der Waals surface area contributed by atoms with Crippen molar-refractivity contribution in [2.24, 2.45) is 5.41 Å². The summed E-state index contributed by atoms with van der Waals surface area (Å²) in [6, 6.07) is 0. The van der Waals surface area contributed by atoms with Crippen molar-refractivity contribution in [3.63, 3.8) is 0 Å². The average molecular weight is 174 g/mol. The van der Waals surface area contributed by atoms with E-state index in [2.05, 4.69) is 37.3 Å². The molecule has 2 heteroatoms. The van der Waals surface area contributed by atoms with Crippen LogP contribution in [0.1, 0.15) is 20.8 Å². The molecule has 0 saturated carbocycles. The predicted octanol–water partition coefficient (Wildman–Crippen LogP) is 1.17. The first-order valence-electron chi connectivity index (χ1n) is 2.72. The molecule has 0 heterocycles. The second kappa shape index (κ2) is 2.88. The van der Waals surface area contributed by atoms with E-state index in [0.29, 0.717) is 4.94 Å². The Hall–Kier alpha value is 0.503. The first-order valence-corrected chi connectivity index (χ1v) is 3.93. The summed E-state index contributed by atoms with van der Waals surface area (Å²) < 4.78 is 5.11. The van der Waals surface area contributed by atoms with Gasteiger partial charge in [-0.1, -0.05) is 0 Å². The van der Waals surface area contributed by atoms with Crippen molar-refractivity contribution in [1.82, 2.24) is 0 Å². The van der Waals surface area contributed by atoms with Crippen LogP contribution in [-0.4, -0.2) is 28.6 Å². The third-order valence-corrected chi connectivity index (χ3v) is 3.33. The predicted molar refractivity (Wildman–Crippen MR) is 36.0 cm³/mol. The van der Waals surface area contributed by atoms with Gasteiger partial charge in [0.15, 0.2) is 0 Å². The van der Waals surface area contributed by atoms with Gasteiger partial charge in [0, 0.05) is 0 Å². The first-order chi connectivity index (χ1) is 3.48. The molecule has 0 bridgehead atoms. The Labute approximate surface area is 60.0 Å². The molecule has 0 aliphatic heterocycles. The fourth-order valence-electron chi connectivity index (χ4n) is 0.354. The second-order valence-electron chi connectivity index (χ2n) is 2.98. The fraction of sp³-hybridized carbons (Fsp3) is 1.00. The average Bonchev–Trinajstić information content (AvgIpc) is 1.62. The normalized spacial score (nSPS) is 16.1. The van der Waals surface area contributed by atoms with Crippen molar-refractivity contribution in [2.45, 2.75) is 25.7 Å². The van der Waals surface area contributed by atoms with E-state index in [9.17, 15) is 0 Å². The van der Waals surface area contributed by atoms with Gasteiger partial charge in [0.25, 0.3) is 0 Å². The van der Waals surface area contributed by atoms with E-state index in [-0.39, 0.29) is 5.41 Å². The Morgan fingerprint density at radius 2 is 1.75 bits per heavy atom. The maximum atomic E-state index is 5.11. The molecule has 8 heavy (non-hydrogen) atoms. The Balaban J connectivity index is 3.62. The molecule has 0 aliphatic rings. The van der Waals surface area contributed by atoms with Crippen LogP contribution in [0.3, 0.4) is 0 Å². The van der Waals surface area contributed by atoms with Crippen molar-refractivity contribution in [1.29, 1.82) is 0 Å². The Morgan fingerprint density at radius 1 is 1.38 bits per heavy atom. The molecule has 0 fully saturated rings. The summed E-state index contributed by atoms with van der Waals surface area (Å²) in [5, 5.41) is 0. The minimum atomic E-state index is 0.286. The molecule has 0 aromatic carbocycles. The molecule has 0 saturated heterocycles. The van der Waals surface area contributed by atoms with Crippen LogP contribution in [0.4, 0.5) is 0 Å². The van der Waals surface area contributed by atoms with Gasteiger partial charge in [-0.25, -0.2) is 0 Å². The van der Waals surface area contributed by atoms with E-state index >= 15 is 0 Å². The molecular formula is C6H13GeO. The second-order valence-corrected chi connectivity index (χ2v) is 4.08. The van der Waals surface area contributed by atoms with E-state index in [1.54, 1.807) is 7.11 Å².